The maximum Gasteiger partial charge on any atom is 0.243 e. The van der Waals surface area contributed by atoms with Gasteiger partial charge in [0.25, 0.3) is 0 Å². The van der Waals surface area contributed by atoms with Gasteiger partial charge in [-0.05, 0) is 66.6 Å². The summed E-state index contributed by atoms with van der Waals surface area (Å²) in [6.45, 7) is 2.14. The van der Waals surface area contributed by atoms with Crippen LogP contribution in [0.2, 0.25) is 5.02 Å². The fourth-order valence-corrected chi connectivity index (χ4v) is 7.13. The first kappa shape index (κ1) is 26.8. The molecule has 0 saturated heterocycles. The van der Waals surface area contributed by atoms with E-state index in [2.05, 4.69) is 15.9 Å². The second kappa shape index (κ2) is 10.7. The Labute approximate surface area is 237 Å². The first-order chi connectivity index (χ1) is 18.2. The van der Waals surface area contributed by atoms with Crippen molar-refractivity contribution in [2.75, 3.05) is 20.8 Å². The number of sulfonamides is 1. The van der Waals surface area contributed by atoms with E-state index in [1.165, 1.54) is 0 Å². The van der Waals surface area contributed by atoms with Crippen LogP contribution in [0.1, 0.15) is 39.8 Å². The lowest BCUT2D eigenvalue weighted by molar-refractivity contribution is 0.304. The Morgan fingerprint density at radius 2 is 1.34 bits per heavy atom. The molecule has 0 bridgehead atoms. The van der Waals surface area contributed by atoms with Crippen molar-refractivity contribution in [3.63, 3.8) is 0 Å². The Morgan fingerprint density at radius 1 is 0.789 bits per heavy atom. The zero-order valence-electron chi connectivity index (χ0n) is 21.2. The molecule has 0 fully saturated rings. The normalized spacial score (nSPS) is 17.6. The van der Waals surface area contributed by atoms with Gasteiger partial charge in [0, 0.05) is 33.1 Å². The minimum Gasteiger partial charge on any atom is -0.496 e. The monoisotopic (exact) mass is 611 g/mol. The number of methoxy groups -OCH3 is 2. The molecule has 1 aliphatic rings. The predicted octanol–water partition coefficient (Wildman–Crippen LogP) is 7.35. The number of hydrogen-bond donors (Lipinski definition) is 0. The number of ether oxygens (including phenoxy) is 2. The molecule has 0 aliphatic carbocycles. The molecule has 2 atom stereocenters. The molecule has 5 nitrogen and oxygen atoms in total. The summed E-state index contributed by atoms with van der Waals surface area (Å²) in [5.41, 5.74) is 4.41. The lowest BCUT2D eigenvalue weighted by Crippen LogP contribution is -2.43. The number of benzene rings is 4. The third kappa shape index (κ3) is 4.84. The molecule has 196 valence electrons. The SMILES string of the molecule is COc1ccc(OC)c2c1[C@@H](c1ccc(Cl)cc1)CN(S(=O)(=O)c1ccc(C)cc1)[C@H]2c1ccc(Br)cc1. The van der Waals surface area contributed by atoms with Gasteiger partial charge in [0.1, 0.15) is 11.5 Å². The Kier molecular flexibility index (Phi) is 7.56. The molecule has 0 N–H and O–H groups in total. The Balaban J connectivity index is 1.83. The molecule has 0 saturated carbocycles. The van der Waals surface area contributed by atoms with Crippen molar-refractivity contribution >= 4 is 37.6 Å². The van der Waals surface area contributed by atoms with Gasteiger partial charge in [0.05, 0.1) is 25.2 Å². The highest BCUT2D eigenvalue weighted by atomic mass is 79.9. The van der Waals surface area contributed by atoms with Gasteiger partial charge in [-0.2, -0.15) is 4.31 Å². The van der Waals surface area contributed by atoms with Crippen LogP contribution in [0, 0.1) is 6.92 Å². The lowest BCUT2D eigenvalue weighted by Gasteiger charge is -2.42. The Morgan fingerprint density at radius 3 is 1.92 bits per heavy atom. The second-order valence-electron chi connectivity index (χ2n) is 9.24. The van der Waals surface area contributed by atoms with Gasteiger partial charge in [-0.1, -0.05) is 69.5 Å². The van der Waals surface area contributed by atoms with Crippen LogP contribution in [-0.2, 0) is 10.0 Å². The van der Waals surface area contributed by atoms with Crippen molar-refractivity contribution in [2.24, 2.45) is 0 Å². The first-order valence-electron chi connectivity index (χ1n) is 12.1. The van der Waals surface area contributed by atoms with Gasteiger partial charge in [-0.25, -0.2) is 8.42 Å². The maximum absolute atomic E-state index is 14.4. The van der Waals surface area contributed by atoms with Gasteiger partial charge in [0.15, 0.2) is 0 Å². The summed E-state index contributed by atoms with van der Waals surface area (Å²) >= 11 is 9.72. The van der Waals surface area contributed by atoms with Crippen LogP contribution in [0.3, 0.4) is 0 Å². The van der Waals surface area contributed by atoms with E-state index < -0.39 is 16.1 Å². The smallest absolute Gasteiger partial charge is 0.243 e. The second-order valence-corrected chi connectivity index (χ2v) is 12.5. The van der Waals surface area contributed by atoms with Crippen LogP contribution in [0.25, 0.3) is 0 Å². The first-order valence-corrected chi connectivity index (χ1v) is 14.7. The van der Waals surface area contributed by atoms with Crippen molar-refractivity contribution in [3.8, 4) is 11.5 Å². The van der Waals surface area contributed by atoms with Crippen LogP contribution in [0.5, 0.6) is 11.5 Å². The average molecular weight is 613 g/mol. The van der Waals surface area contributed by atoms with E-state index >= 15 is 0 Å². The molecule has 1 aliphatic heterocycles. The largest absolute Gasteiger partial charge is 0.496 e. The van der Waals surface area contributed by atoms with E-state index in [0.717, 1.165) is 32.3 Å². The van der Waals surface area contributed by atoms with Crippen LogP contribution >= 0.6 is 27.5 Å². The van der Waals surface area contributed by atoms with Crippen molar-refractivity contribution < 1.29 is 17.9 Å². The summed E-state index contributed by atoms with van der Waals surface area (Å²) in [7, 11) is -0.691. The quantitative estimate of drug-likeness (QED) is 0.228. The number of fused-ring (bicyclic) bond motifs is 1. The van der Waals surface area contributed by atoms with E-state index in [9.17, 15) is 8.42 Å². The summed E-state index contributed by atoms with van der Waals surface area (Å²) in [6.07, 6.45) is 0. The molecular formula is C30H27BrClNO4S. The van der Waals surface area contributed by atoms with E-state index in [0.29, 0.717) is 16.5 Å². The number of hydrogen-bond acceptors (Lipinski definition) is 4. The van der Waals surface area contributed by atoms with E-state index in [1.807, 2.05) is 79.7 Å². The minimum absolute atomic E-state index is 0.203. The van der Waals surface area contributed by atoms with Crippen LogP contribution < -0.4 is 9.47 Å². The summed E-state index contributed by atoms with van der Waals surface area (Å²) < 4.78 is 42.9. The number of nitrogens with zero attached hydrogens (tertiary/aromatic N) is 1. The van der Waals surface area contributed by atoms with Gasteiger partial charge >= 0.3 is 0 Å². The number of aryl methyl sites for hydroxylation is 1. The van der Waals surface area contributed by atoms with Crippen molar-refractivity contribution in [1.29, 1.82) is 0 Å². The number of halogens is 2. The molecule has 5 rings (SSSR count). The summed E-state index contributed by atoms with van der Waals surface area (Å²) in [6, 6.07) is 25.3. The van der Waals surface area contributed by atoms with Crippen LogP contribution in [0.4, 0.5) is 0 Å². The fourth-order valence-electron chi connectivity index (χ4n) is 5.14. The third-order valence-electron chi connectivity index (χ3n) is 7.01. The zero-order valence-corrected chi connectivity index (χ0v) is 24.3. The molecule has 8 heteroatoms. The highest BCUT2D eigenvalue weighted by Crippen LogP contribution is 2.51. The van der Waals surface area contributed by atoms with Crippen LogP contribution in [-0.4, -0.2) is 33.5 Å². The van der Waals surface area contributed by atoms with E-state index in [1.54, 1.807) is 30.7 Å². The fraction of sp³-hybridized carbons (Fsp3) is 0.200. The third-order valence-corrected chi connectivity index (χ3v) is 9.63. The predicted molar refractivity (Wildman–Crippen MR) is 154 cm³/mol. The molecule has 0 radical (unpaired) electrons. The van der Waals surface area contributed by atoms with Crippen molar-refractivity contribution in [1.82, 2.24) is 4.31 Å². The van der Waals surface area contributed by atoms with Gasteiger partial charge in [-0.15, -0.1) is 0 Å². The molecule has 38 heavy (non-hydrogen) atoms. The molecule has 0 aromatic heterocycles. The maximum atomic E-state index is 14.4. The van der Waals surface area contributed by atoms with E-state index in [-0.39, 0.29) is 17.4 Å². The minimum atomic E-state index is -3.92. The highest BCUT2D eigenvalue weighted by molar-refractivity contribution is 9.10. The van der Waals surface area contributed by atoms with Crippen molar-refractivity contribution in [3.05, 3.63) is 122 Å². The Bertz CT molecular complexity index is 1560. The summed E-state index contributed by atoms with van der Waals surface area (Å²) in [5, 5.41) is 0.610. The summed E-state index contributed by atoms with van der Waals surface area (Å²) in [5.74, 6) is 0.950. The molecule has 0 unspecified atom stereocenters. The van der Waals surface area contributed by atoms with Gasteiger partial charge in [-0.3, -0.25) is 0 Å². The average Bonchev–Trinajstić information content (AvgIpc) is 2.92. The van der Waals surface area contributed by atoms with Gasteiger partial charge in [0.2, 0.25) is 10.0 Å². The molecule has 0 amide bonds. The molecule has 4 aromatic rings. The van der Waals surface area contributed by atoms with Crippen LogP contribution in [0.15, 0.2) is 94.3 Å². The standard InChI is InChI=1S/C30H27BrClNO4S/c1-19-4-14-24(15-5-19)38(34,35)33-18-25(20-8-12-23(32)13-9-20)28-26(36-2)16-17-27(37-3)29(28)30(33)21-6-10-22(31)11-7-21/h4-17,25,30H,18H2,1-3H3/t25-,30+/m1/s1. The molecular weight excluding hydrogens is 586 g/mol. The highest BCUT2D eigenvalue weighted by Gasteiger charge is 2.44. The summed E-state index contributed by atoms with van der Waals surface area (Å²) in [4.78, 5) is 0.241. The Hall–Kier alpha value is -2.84. The molecule has 4 aromatic carbocycles. The van der Waals surface area contributed by atoms with Crippen molar-refractivity contribution in [2.45, 2.75) is 23.8 Å². The molecule has 0 spiro atoms. The number of rotatable bonds is 6. The zero-order chi connectivity index (χ0) is 27.0. The molecule has 1 heterocycles. The topological polar surface area (TPSA) is 55.8 Å². The lowest BCUT2D eigenvalue weighted by atomic mass is 9.79. The van der Waals surface area contributed by atoms with Gasteiger partial charge < -0.3 is 9.47 Å². The van der Waals surface area contributed by atoms with E-state index in [4.69, 9.17) is 21.1 Å².